The molecular formula is C27H32N2O6. The van der Waals surface area contributed by atoms with E-state index in [0.717, 1.165) is 22.3 Å². The number of alkyl carbamates (subject to hydrolysis) is 1. The van der Waals surface area contributed by atoms with Gasteiger partial charge >= 0.3 is 12.1 Å². The van der Waals surface area contributed by atoms with Crippen LogP contribution in [0, 0.1) is 11.8 Å². The summed E-state index contributed by atoms with van der Waals surface area (Å²) in [5, 5.41) is 12.3. The zero-order chi connectivity index (χ0) is 25.2. The van der Waals surface area contributed by atoms with Crippen LogP contribution in [0.15, 0.2) is 48.5 Å². The average molecular weight is 481 g/mol. The second kappa shape index (κ2) is 10.1. The number of amides is 2. The van der Waals surface area contributed by atoms with Gasteiger partial charge in [-0.1, -0.05) is 62.4 Å². The van der Waals surface area contributed by atoms with Crippen molar-refractivity contribution in [3.63, 3.8) is 0 Å². The molecule has 0 saturated carbocycles. The molecule has 0 spiro atoms. The maximum absolute atomic E-state index is 13.2. The molecular weight excluding hydrogens is 448 g/mol. The van der Waals surface area contributed by atoms with Crippen LogP contribution in [0.4, 0.5) is 4.79 Å². The predicted molar refractivity (Wildman–Crippen MR) is 130 cm³/mol. The molecule has 2 N–H and O–H groups in total. The number of benzene rings is 2. The van der Waals surface area contributed by atoms with Crippen LogP contribution >= 0.6 is 0 Å². The molecule has 0 bridgehead atoms. The summed E-state index contributed by atoms with van der Waals surface area (Å²) >= 11 is 0. The first-order valence-electron chi connectivity index (χ1n) is 11.9. The summed E-state index contributed by atoms with van der Waals surface area (Å²) in [5.41, 5.74) is 3.19. The number of methoxy groups -OCH3 is 1. The highest BCUT2D eigenvalue weighted by atomic mass is 16.5. The highest BCUT2D eigenvalue weighted by Crippen LogP contribution is 2.44. The van der Waals surface area contributed by atoms with Gasteiger partial charge < -0.3 is 24.8 Å². The van der Waals surface area contributed by atoms with Gasteiger partial charge in [0.2, 0.25) is 5.91 Å². The lowest BCUT2D eigenvalue weighted by atomic mass is 9.94. The maximum atomic E-state index is 13.2. The number of carboxylic acids is 1. The summed E-state index contributed by atoms with van der Waals surface area (Å²) in [7, 11) is 1.35. The summed E-state index contributed by atoms with van der Waals surface area (Å²) in [6.07, 6.45) is -0.349. The Morgan fingerprint density at radius 1 is 1.09 bits per heavy atom. The molecule has 8 nitrogen and oxygen atoms in total. The first-order chi connectivity index (χ1) is 16.8. The summed E-state index contributed by atoms with van der Waals surface area (Å²) in [4.78, 5) is 38.9. The minimum absolute atomic E-state index is 0.00810. The van der Waals surface area contributed by atoms with E-state index in [2.05, 4.69) is 29.6 Å². The van der Waals surface area contributed by atoms with Crippen molar-refractivity contribution >= 4 is 18.0 Å². The Kier molecular flexibility index (Phi) is 7.12. The van der Waals surface area contributed by atoms with E-state index in [-0.39, 0.29) is 43.9 Å². The van der Waals surface area contributed by atoms with Crippen molar-refractivity contribution in [2.75, 3.05) is 33.4 Å². The largest absolute Gasteiger partial charge is 0.479 e. The van der Waals surface area contributed by atoms with Crippen molar-refractivity contribution in [3.05, 3.63) is 59.7 Å². The molecule has 2 aromatic rings. The normalized spacial score (nSPS) is 19.8. The number of fused-ring (bicyclic) bond motifs is 3. The molecule has 4 rings (SSSR count). The number of nitrogens with zero attached hydrogens (tertiary/aromatic N) is 1. The summed E-state index contributed by atoms with van der Waals surface area (Å²) in [6, 6.07) is 16.2. The smallest absolute Gasteiger partial charge is 0.407 e. The first kappa shape index (κ1) is 24.7. The second-order valence-corrected chi connectivity index (χ2v) is 9.57. The lowest BCUT2D eigenvalue weighted by molar-refractivity contribution is -0.161. The van der Waals surface area contributed by atoms with E-state index >= 15 is 0 Å². The van der Waals surface area contributed by atoms with Crippen LogP contribution in [-0.4, -0.2) is 66.9 Å². The highest BCUT2D eigenvalue weighted by Gasteiger charge is 2.47. The van der Waals surface area contributed by atoms with E-state index in [0.29, 0.717) is 6.54 Å². The topological polar surface area (TPSA) is 105 Å². The van der Waals surface area contributed by atoms with Crippen molar-refractivity contribution in [1.29, 1.82) is 0 Å². The zero-order valence-electron chi connectivity index (χ0n) is 20.3. The SMILES string of the molecule is COC1(C(=O)O)CCN(C(=O)C(CNC(=O)OCC2c3ccccc3-c3ccccc32)C(C)C)C1. The van der Waals surface area contributed by atoms with Gasteiger partial charge in [-0.3, -0.25) is 4.79 Å². The molecule has 8 heteroatoms. The Hall–Kier alpha value is -3.39. The highest BCUT2D eigenvalue weighted by molar-refractivity contribution is 5.84. The van der Waals surface area contributed by atoms with Crippen LogP contribution in [0.25, 0.3) is 11.1 Å². The van der Waals surface area contributed by atoms with Gasteiger partial charge in [-0.05, 0) is 28.2 Å². The Balaban J connectivity index is 1.35. The van der Waals surface area contributed by atoms with Gasteiger partial charge in [-0.15, -0.1) is 0 Å². The Morgan fingerprint density at radius 3 is 2.20 bits per heavy atom. The van der Waals surface area contributed by atoms with Gasteiger partial charge in [0.05, 0.1) is 12.5 Å². The third kappa shape index (κ3) is 4.75. The van der Waals surface area contributed by atoms with Crippen molar-refractivity contribution in [1.82, 2.24) is 10.2 Å². The molecule has 0 radical (unpaired) electrons. The number of rotatable bonds is 8. The fourth-order valence-corrected chi connectivity index (χ4v) is 5.08. The number of nitrogens with one attached hydrogen (secondary N) is 1. The van der Waals surface area contributed by atoms with Crippen molar-refractivity contribution in [2.45, 2.75) is 31.8 Å². The average Bonchev–Trinajstić information content (AvgIpc) is 3.43. The zero-order valence-corrected chi connectivity index (χ0v) is 20.3. The number of carbonyl (C=O) groups is 3. The molecule has 0 aromatic heterocycles. The number of carbonyl (C=O) groups excluding carboxylic acids is 2. The lowest BCUT2D eigenvalue weighted by Gasteiger charge is -2.28. The minimum atomic E-state index is -1.38. The van der Waals surface area contributed by atoms with Crippen LogP contribution < -0.4 is 5.32 Å². The molecule has 2 aromatic carbocycles. The quantitative estimate of drug-likeness (QED) is 0.599. The molecule has 35 heavy (non-hydrogen) atoms. The van der Waals surface area contributed by atoms with E-state index in [1.807, 2.05) is 38.1 Å². The number of hydrogen-bond donors (Lipinski definition) is 2. The van der Waals surface area contributed by atoms with Gasteiger partial charge in [0, 0.05) is 32.5 Å². The number of carboxylic acid groups (broad SMARTS) is 1. The van der Waals surface area contributed by atoms with Gasteiger partial charge in [0.15, 0.2) is 5.60 Å². The Labute approximate surface area is 205 Å². The molecule has 1 fully saturated rings. The fourth-order valence-electron chi connectivity index (χ4n) is 5.08. The van der Waals surface area contributed by atoms with Gasteiger partial charge in [0.1, 0.15) is 6.61 Å². The summed E-state index contributed by atoms with van der Waals surface area (Å²) < 4.78 is 10.8. The summed E-state index contributed by atoms with van der Waals surface area (Å²) in [6.45, 7) is 4.40. The lowest BCUT2D eigenvalue weighted by Crippen LogP contribution is -2.47. The van der Waals surface area contributed by atoms with Crippen LogP contribution in [0.5, 0.6) is 0 Å². The van der Waals surface area contributed by atoms with Crippen LogP contribution in [0.1, 0.15) is 37.3 Å². The molecule has 2 aliphatic rings. The number of ether oxygens (including phenoxy) is 2. The first-order valence-corrected chi connectivity index (χ1v) is 11.9. The third-order valence-electron chi connectivity index (χ3n) is 7.26. The second-order valence-electron chi connectivity index (χ2n) is 9.57. The van der Waals surface area contributed by atoms with Crippen LogP contribution in [0.2, 0.25) is 0 Å². The van der Waals surface area contributed by atoms with E-state index in [1.165, 1.54) is 12.0 Å². The van der Waals surface area contributed by atoms with Crippen molar-refractivity contribution in [3.8, 4) is 11.1 Å². The van der Waals surface area contributed by atoms with Gasteiger partial charge in [-0.25, -0.2) is 9.59 Å². The van der Waals surface area contributed by atoms with Crippen molar-refractivity contribution in [2.24, 2.45) is 11.8 Å². The molecule has 2 atom stereocenters. The molecule has 1 saturated heterocycles. The molecule has 1 aliphatic carbocycles. The van der Waals surface area contributed by atoms with Gasteiger partial charge in [0.25, 0.3) is 0 Å². The van der Waals surface area contributed by atoms with Crippen molar-refractivity contribution < 1.29 is 29.0 Å². The molecule has 2 amide bonds. The monoisotopic (exact) mass is 480 g/mol. The van der Waals surface area contributed by atoms with E-state index < -0.39 is 23.6 Å². The summed E-state index contributed by atoms with van der Waals surface area (Å²) in [5.74, 6) is -1.87. The number of aliphatic carboxylic acids is 1. The van der Waals surface area contributed by atoms with E-state index in [9.17, 15) is 19.5 Å². The standard InChI is InChI=1S/C27H32N2O6/c1-17(2)22(24(30)29-13-12-27(16-29,34-3)25(31)32)14-28-26(33)35-15-23-20-10-6-4-8-18(20)19-9-5-7-11-21(19)23/h4-11,17,22-23H,12-16H2,1-3H3,(H,28,33)(H,31,32). The van der Waals surface area contributed by atoms with E-state index in [4.69, 9.17) is 9.47 Å². The van der Waals surface area contributed by atoms with E-state index in [1.54, 1.807) is 0 Å². The Bertz CT molecular complexity index is 1070. The van der Waals surface area contributed by atoms with Crippen LogP contribution in [-0.2, 0) is 19.1 Å². The molecule has 2 unspecified atom stereocenters. The molecule has 1 heterocycles. The Morgan fingerprint density at radius 2 is 1.69 bits per heavy atom. The van der Waals surface area contributed by atoms with Crippen LogP contribution in [0.3, 0.4) is 0 Å². The third-order valence-corrected chi connectivity index (χ3v) is 7.26. The fraction of sp³-hybridized carbons (Fsp3) is 0.444. The number of likely N-dealkylation sites (tertiary alicyclic amines) is 1. The molecule has 186 valence electrons. The molecule has 1 aliphatic heterocycles. The number of hydrogen-bond acceptors (Lipinski definition) is 5. The predicted octanol–water partition coefficient (Wildman–Crippen LogP) is 3.50. The van der Waals surface area contributed by atoms with Gasteiger partial charge in [-0.2, -0.15) is 0 Å². The maximum Gasteiger partial charge on any atom is 0.407 e. The minimum Gasteiger partial charge on any atom is -0.479 e.